The van der Waals surface area contributed by atoms with E-state index in [4.69, 9.17) is 5.73 Å². The molecule has 0 aliphatic carbocycles. The number of rotatable bonds is 3. The topological polar surface area (TPSA) is 56.0 Å². The van der Waals surface area contributed by atoms with Gasteiger partial charge in [-0.05, 0) is 32.4 Å². The van der Waals surface area contributed by atoms with Crippen LogP contribution in [0.5, 0.6) is 0 Å². The van der Waals surface area contributed by atoms with E-state index in [0.717, 1.165) is 5.56 Å². The highest BCUT2D eigenvalue weighted by molar-refractivity contribution is 6.01. The molecule has 0 aromatic carbocycles. The lowest BCUT2D eigenvalue weighted by Crippen LogP contribution is -2.52. The second kappa shape index (κ2) is 3.98. The summed E-state index contributed by atoms with van der Waals surface area (Å²) in [6.07, 6.45) is 3.30. The number of aromatic nitrogens is 1. The molecule has 0 fully saturated rings. The van der Waals surface area contributed by atoms with Crippen LogP contribution in [-0.4, -0.2) is 16.3 Å². The summed E-state index contributed by atoms with van der Waals surface area (Å²) >= 11 is 0. The van der Waals surface area contributed by atoms with Gasteiger partial charge in [-0.3, -0.25) is 9.78 Å². The minimum Gasteiger partial charge on any atom is -0.325 e. The van der Waals surface area contributed by atoms with Crippen molar-refractivity contribution in [3.63, 3.8) is 0 Å². The van der Waals surface area contributed by atoms with Gasteiger partial charge in [-0.2, -0.15) is 0 Å². The van der Waals surface area contributed by atoms with E-state index >= 15 is 0 Å². The number of hydrogen-bond acceptors (Lipinski definition) is 3. The largest absolute Gasteiger partial charge is 0.325 e. The molecule has 0 saturated carbocycles. The minimum atomic E-state index is -0.610. The fourth-order valence-electron chi connectivity index (χ4n) is 1.33. The third-order valence-electron chi connectivity index (χ3n) is 3.46. The van der Waals surface area contributed by atoms with Gasteiger partial charge in [-0.25, -0.2) is 0 Å². The van der Waals surface area contributed by atoms with E-state index in [1.165, 1.54) is 0 Å². The van der Waals surface area contributed by atoms with Crippen LogP contribution < -0.4 is 5.73 Å². The van der Waals surface area contributed by atoms with Gasteiger partial charge in [0.25, 0.3) is 0 Å². The smallest absolute Gasteiger partial charge is 0.172 e. The van der Waals surface area contributed by atoms with E-state index in [1.54, 1.807) is 12.4 Å². The van der Waals surface area contributed by atoms with Crippen molar-refractivity contribution in [1.29, 1.82) is 0 Å². The first kappa shape index (κ1) is 12.8. The van der Waals surface area contributed by atoms with Crippen molar-refractivity contribution in [2.45, 2.75) is 40.2 Å². The molecule has 16 heavy (non-hydrogen) atoms. The first-order valence-electron chi connectivity index (χ1n) is 5.42. The van der Waals surface area contributed by atoms with Crippen LogP contribution in [-0.2, 0) is 0 Å². The SMILES string of the molecule is Cc1ccncc1C(=O)C(C)(C)C(C)(C)N. The molecule has 0 amide bonds. The van der Waals surface area contributed by atoms with Gasteiger partial charge < -0.3 is 5.73 Å². The van der Waals surface area contributed by atoms with Crippen LogP contribution in [0.15, 0.2) is 18.5 Å². The van der Waals surface area contributed by atoms with Crippen LogP contribution >= 0.6 is 0 Å². The molecule has 1 heterocycles. The van der Waals surface area contributed by atoms with Crippen LogP contribution in [0.1, 0.15) is 43.6 Å². The number of nitrogens with zero attached hydrogens (tertiary/aromatic N) is 1. The predicted octanol–water partition coefficient (Wildman–Crippen LogP) is 2.34. The van der Waals surface area contributed by atoms with Crippen LogP contribution in [0.25, 0.3) is 0 Å². The van der Waals surface area contributed by atoms with Gasteiger partial charge in [0.05, 0.1) is 0 Å². The molecule has 3 heteroatoms. The van der Waals surface area contributed by atoms with Crippen LogP contribution in [0.3, 0.4) is 0 Å². The highest BCUT2D eigenvalue weighted by atomic mass is 16.1. The summed E-state index contributed by atoms with van der Waals surface area (Å²) in [5.74, 6) is 0.0469. The number of ketones is 1. The van der Waals surface area contributed by atoms with Gasteiger partial charge in [0, 0.05) is 28.9 Å². The summed E-state index contributed by atoms with van der Waals surface area (Å²) < 4.78 is 0. The zero-order valence-corrected chi connectivity index (χ0v) is 10.7. The lowest BCUT2D eigenvalue weighted by atomic mass is 9.70. The van der Waals surface area contributed by atoms with Crippen LogP contribution in [0, 0.1) is 12.3 Å². The standard InChI is InChI=1S/C13H20N2O/c1-9-6-7-15-8-10(9)11(16)12(2,3)13(4,5)14/h6-8H,14H2,1-5H3. The summed E-state index contributed by atoms with van der Waals surface area (Å²) in [5, 5.41) is 0. The van der Waals surface area contributed by atoms with Crippen molar-refractivity contribution < 1.29 is 4.79 Å². The van der Waals surface area contributed by atoms with Crippen molar-refractivity contribution in [3.05, 3.63) is 29.6 Å². The molecule has 0 atom stereocenters. The average Bonchev–Trinajstić information content (AvgIpc) is 2.15. The van der Waals surface area contributed by atoms with E-state index in [0.29, 0.717) is 5.56 Å². The average molecular weight is 220 g/mol. The molecule has 1 rings (SSSR count). The van der Waals surface area contributed by atoms with Crippen molar-refractivity contribution in [1.82, 2.24) is 4.98 Å². The highest BCUT2D eigenvalue weighted by Gasteiger charge is 2.41. The van der Waals surface area contributed by atoms with Crippen LogP contribution in [0.2, 0.25) is 0 Å². The molecular formula is C13H20N2O. The zero-order valence-electron chi connectivity index (χ0n) is 10.7. The number of Topliss-reactive ketones (excluding diaryl/α,β-unsaturated/α-hetero) is 1. The molecule has 1 aromatic rings. The first-order valence-corrected chi connectivity index (χ1v) is 5.42. The molecule has 0 aliphatic heterocycles. The molecule has 1 aromatic heterocycles. The van der Waals surface area contributed by atoms with Gasteiger partial charge in [-0.1, -0.05) is 13.8 Å². The van der Waals surface area contributed by atoms with Gasteiger partial charge in [0.2, 0.25) is 0 Å². The normalized spacial score (nSPS) is 12.6. The summed E-state index contributed by atoms with van der Waals surface area (Å²) in [7, 11) is 0. The Morgan fingerprint density at radius 3 is 2.31 bits per heavy atom. The predicted molar refractivity (Wildman–Crippen MR) is 65.4 cm³/mol. The van der Waals surface area contributed by atoms with Crippen molar-refractivity contribution in [2.75, 3.05) is 0 Å². The maximum absolute atomic E-state index is 12.4. The van der Waals surface area contributed by atoms with E-state index < -0.39 is 11.0 Å². The van der Waals surface area contributed by atoms with E-state index in [1.807, 2.05) is 40.7 Å². The number of hydrogen-bond donors (Lipinski definition) is 1. The molecule has 0 saturated heterocycles. The molecule has 0 bridgehead atoms. The summed E-state index contributed by atoms with van der Waals surface area (Å²) in [5.41, 5.74) is 6.49. The summed E-state index contributed by atoms with van der Waals surface area (Å²) in [6, 6.07) is 1.84. The summed E-state index contributed by atoms with van der Waals surface area (Å²) in [6.45, 7) is 9.41. The monoisotopic (exact) mass is 220 g/mol. The molecule has 88 valence electrons. The molecule has 3 nitrogen and oxygen atoms in total. The quantitative estimate of drug-likeness (QED) is 0.795. The Bertz CT molecular complexity index is 403. The third-order valence-corrected chi connectivity index (χ3v) is 3.46. The molecule has 0 spiro atoms. The molecule has 0 unspecified atom stereocenters. The lowest BCUT2D eigenvalue weighted by Gasteiger charge is -2.37. The Morgan fingerprint density at radius 2 is 1.88 bits per heavy atom. The van der Waals surface area contributed by atoms with Crippen LogP contribution in [0.4, 0.5) is 0 Å². The van der Waals surface area contributed by atoms with E-state index in [9.17, 15) is 4.79 Å². The number of carbonyl (C=O) groups excluding carboxylic acids is 1. The Kier molecular flexibility index (Phi) is 3.20. The Balaban J connectivity index is 3.18. The third kappa shape index (κ3) is 2.14. The van der Waals surface area contributed by atoms with Crippen molar-refractivity contribution in [2.24, 2.45) is 11.1 Å². The lowest BCUT2D eigenvalue weighted by molar-refractivity contribution is 0.0734. The molecule has 0 aliphatic rings. The Hall–Kier alpha value is -1.22. The number of aryl methyl sites for hydroxylation is 1. The number of pyridine rings is 1. The molecule has 0 radical (unpaired) electrons. The molecular weight excluding hydrogens is 200 g/mol. The van der Waals surface area contributed by atoms with E-state index in [-0.39, 0.29) is 5.78 Å². The fraction of sp³-hybridized carbons (Fsp3) is 0.538. The maximum atomic E-state index is 12.4. The summed E-state index contributed by atoms with van der Waals surface area (Å²) in [4.78, 5) is 16.4. The van der Waals surface area contributed by atoms with Gasteiger partial charge >= 0.3 is 0 Å². The second-order valence-electron chi connectivity index (χ2n) is 5.37. The van der Waals surface area contributed by atoms with Gasteiger partial charge in [0.1, 0.15) is 0 Å². The van der Waals surface area contributed by atoms with Crippen molar-refractivity contribution in [3.8, 4) is 0 Å². The van der Waals surface area contributed by atoms with Gasteiger partial charge in [-0.15, -0.1) is 0 Å². The zero-order chi connectivity index (χ0) is 12.6. The number of carbonyl (C=O) groups is 1. The fourth-order valence-corrected chi connectivity index (χ4v) is 1.33. The first-order chi connectivity index (χ1) is 7.18. The number of nitrogens with two attached hydrogens (primary N) is 1. The van der Waals surface area contributed by atoms with E-state index in [2.05, 4.69) is 4.98 Å². The van der Waals surface area contributed by atoms with Gasteiger partial charge in [0.15, 0.2) is 5.78 Å². The Labute approximate surface area is 97.1 Å². The minimum absolute atomic E-state index is 0.0469. The second-order valence-corrected chi connectivity index (χ2v) is 5.37. The molecule has 2 N–H and O–H groups in total. The highest BCUT2D eigenvalue weighted by Crippen LogP contribution is 2.32. The maximum Gasteiger partial charge on any atom is 0.172 e. The Morgan fingerprint density at radius 1 is 1.31 bits per heavy atom. The van der Waals surface area contributed by atoms with Crippen molar-refractivity contribution >= 4 is 5.78 Å².